The van der Waals surface area contributed by atoms with Crippen LogP contribution in [0.4, 0.5) is 14.5 Å². The average molecular weight is 356 g/mol. The summed E-state index contributed by atoms with van der Waals surface area (Å²) in [5.41, 5.74) is 0.405. The van der Waals surface area contributed by atoms with Crippen molar-refractivity contribution >= 4 is 21.6 Å². The van der Waals surface area contributed by atoms with Crippen LogP contribution in [0.5, 0.6) is 0 Å². The van der Waals surface area contributed by atoms with Crippen LogP contribution in [-0.4, -0.2) is 9.78 Å². The van der Waals surface area contributed by atoms with E-state index in [0.29, 0.717) is 22.3 Å². The van der Waals surface area contributed by atoms with Gasteiger partial charge in [-0.2, -0.15) is 5.10 Å². The number of nitrogens with zero attached hydrogens (tertiary/aromatic N) is 2. The number of nitrogens with one attached hydrogen (secondary N) is 1. The van der Waals surface area contributed by atoms with E-state index in [1.807, 2.05) is 0 Å². The van der Waals surface area contributed by atoms with Gasteiger partial charge in [0.1, 0.15) is 16.1 Å². The molecule has 0 bridgehead atoms. The zero-order chi connectivity index (χ0) is 15.4. The molecule has 21 heavy (non-hydrogen) atoms. The topological polar surface area (TPSA) is 46.9 Å². The molecule has 0 aliphatic rings. The van der Waals surface area contributed by atoms with Crippen LogP contribution in [0.25, 0.3) is 0 Å². The van der Waals surface area contributed by atoms with Gasteiger partial charge in [-0.25, -0.2) is 13.5 Å². The van der Waals surface area contributed by atoms with Crippen molar-refractivity contribution < 1.29 is 8.78 Å². The number of halogens is 3. The Balaban J connectivity index is 2.19. The van der Waals surface area contributed by atoms with Crippen LogP contribution in [0.3, 0.4) is 0 Å². The van der Waals surface area contributed by atoms with Crippen LogP contribution < -0.4 is 10.9 Å². The van der Waals surface area contributed by atoms with Gasteiger partial charge in [0.25, 0.3) is 5.56 Å². The molecule has 110 valence electrons. The lowest BCUT2D eigenvalue weighted by atomic mass is 10.2. The molecule has 0 aliphatic carbocycles. The number of aromatic nitrogens is 2. The quantitative estimate of drug-likeness (QED) is 0.838. The van der Waals surface area contributed by atoms with Gasteiger partial charge in [0.15, 0.2) is 0 Å². The Kier molecular flexibility index (Phi) is 4.85. The zero-order valence-electron chi connectivity index (χ0n) is 10.9. The normalized spacial score (nSPS) is 10.4. The summed E-state index contributed by atoms with van der Waals surface area (Å²) in [6, 6.07) is 3.33. The van der Waals surface area contributed by atoms with Crippen molar-refractivity contribution in [2.75, 3.05) is 5.32 Å². The van der Waals surface area contributed by atoms with Crippen molar-refractivity contribution in [2.45, 2.75) is 13.1 Å². The standard InChI is InChI=1S/C14H12BrF2N3O/c1-2-5-20-14(21)13(15)12(8-19-20)18-7-9-3-4-10(16)6-11(9)17/h2-4,6,8,18H,1,5,7H2. The van der Waals surface area contributed by atoms with Crippen molar-refractivity contribution in [2.24, 2.45) is 0 Å². The summed E-state index contributed by atoms with van der Waals surface area (Å²) in [6.07, 6.45) is 3.01. The Hall–Kier alpha value is -2.02. The van der Waals surface area contributed by atoms with Crippen LogP contribution >= 0.6 is 15.9 Å². The molecule has 1 aromatic heterocycles. The Morgan fingerprint density at radius 3 is 2.86 bits per heavy atom. The maximum absolute atomic E-state index is 13.5. The molecule has 7 heteroatoms. The first-order chi connectivity index (χ1) is 10.0. The number of hydrogen-bond acceptors (Lipinski definition) is 3. The highest BCUT2D eigenvalue weighted by atomic mass is 79.9. The van der Waals surface area contributed by atoms with Crippen molar-refractivity contribution in [3.8, 4) is 0 Å². The second-order valence-corrected chi connectivity index (χ2v) is 5.03. The van der Waals surface area contributed by atoms with Crippen LogP contribution in [0.1, 0.15) is 5.56 Å². The van der Waals surface area contributed by atoms with Gasteiger partial charge in [0.05, 0.1) is 18.4 Å². The van der Waals surface area contributed by atoms with Crippen LogP contribution in [-0.2, 0) is 13.1 Å². The van der Waals surface area contributed by atoms with Gasteiger partial charge in [-0.1, -0.05) is 12.1 Å². The van der Waals surface area contributed by atoms with E-state index in [0.717, 1.165) is 6.07 Å². The Morgan fingerprint density at radius 1 is 1.43 bits per heavy atom. The fourth-order valence-corrected chi connectivity index (χ4v) is 2.14. The van der Waals surface area contributed by atoms with Gasteiger partial charge in [0, 0.05) is 18.2 Å². The molecule has 1 aromatic carbocycles. The predicted molar refractivity (Wildman–Crippen MR) is 80.1 cm³/mol. The predicted octanol–water partition coefficient (Wildman–Crippen LogP) is 3.08. The van der Waals surface area contributed by atoms with E-state index in [1.165, 1.54) is 23.0 Å². The van der Waals surface area contributed by atoms with Gasteiger partial charge >= 0.3 is 0 Å². The molecule has 2 rings (SSSR count). The van der Waals surface area contributed by atoms with Crippen LogP contribution in [0.15, 0.2) is 46.3 Å². The summed E-state index contributed by atoms with van der Waals surface area (Å²) in [4.78, 5) is 11.9. The van der Waals surface area contributed by atoms with Crippen molar-refractivity contribution in [1.29, 1.82) is 0 Å². The molecule has 0 radical (unpaired) electrons. The third kappa shape index (κ3) is 3.55. The number of rotatable bonds is 5. The smallest absolute Gasteiger partial charge is 0.283 e. The summed E-state index contributed by atoms with van der Waals surface area (Å²) < 4.78 is 27.9. The van der Waals surface area contributed by atoms with Crippen LogP contribution in [0.2, 0.25) is 0 Å². The fourth-order valence-electron chi connectivity index (χ4n) is 1.70. The first-order valence-corrected chi connectivity index (χ1v) is 6.86. The third-order valence-electron chi connectivity index (χ3n) is 2.77. The molecule has 0 saturated heterocycles. The minimum Gasteiger partial charge on any atom is -0.378 e. The minimum atomic E-state index is -0.647. The Morgan fingerprint density at radius 2 is 2.19 bits per heavy atom. The highest BCUT2D eigenvalue weighted by molar-refractivity contribution is 9.10. The summed E-state index contributed by atoms with van der Waals surface area (Å²) in [5.74, 6) is -1.28. The Bertz CT molecular complexity index is 731. The van der Waals surface area contributed by atoms with E-state index in [9.17, 15) is 13.6 Å². The van der Waals surface area contributed by atoms with Crippen molar-refractivity contribution in [1.82, 2.24) is 9.78 Å². The molecule has 0 aliphatic heterocycles. The molecule has 1 heterocycles. The average Bonchev–Trinajstić information content (AvgIpc) is 2.45. The molecular weight excluding hydrogens is 344 g/mol. The molecule has 0 unspecified atom stereocenters. The summed E-state index contributed by atoms with van der Waals surface area (Å²) in [7, 11) is 0. The van der Waals surface area contributed by atoms with Gasteiger partial charge in [0.2, 0.25) is 0 Å². The molecule has 1 N–H and O–H groups in total. The zero-order valence-corrected chi connectivity index (χ0v) is 12.5. The van der Waals surface area contributed by atoms with Gasteiger partial charge < -0.3 is 5.32 Å². The van der Waals surface area contributed by atoms with Gasteiger partial charge in [-0.05, 0) is 22.0 Å². The summed E-state index contributed by atoms with van der Waals surface area (Å²) in [5, 5.41) is 6.85. The largest absolute Gasteiger partial charge is 0.378 e. The lowest BCUT2D eigenvalue weighted by Gasteiger charge is -2.10. The summed E-state index contributed by atoms with van der Waals surface area (Å²) >= 11 is 3.18. The number of hydrogen-bond donors (Lipinski definition) is 1. The third-order valence-corrected chi connectivity index (χ3v) is 3.54. The Labute approximate surface area is 128 Å². The molecule has 4 nitrogen and oxygen atoms in total. The minimum absolute atomic E-state index is 0.108. The molecule has 0 spiro atoms. The van der Waals surface area contributed by atoms with Crippen molar-refractivity contribution in [3.05, 3.63) is 69.1 Å². The number of allylic oxidation sites excluding steroid dienone is 1. The van der Waals surface area contributed by atoms with E-state index in [4.69, 9.17) is 0 Å². The van der Waals surface area contributed by atoms with Gasteiger partial charge in [-0.15, -0.1) is 6.58 Å². The van der Waals surface area contributed by atoms with Crippen LogP contribution in [0, 0.1) is 11.6 Å². The maximum Gasteiger partial charge on any atom is 0.283 e. The van der Waals surface area contributed by atoms with Gasteiger partial charge in [-0.3, -0.25) is 4.79 Å². The highest BCUT2D eigenvalue weighted by Crippen LogP contribution is 2.18. The molecule has 0 atom stereocenters. The lowest BCUT2D eigenvalue weighted by Crippen LogP contribution is -2.24. The summed E-state index contributed by atoms with van der Waals surface area (Å²) in [6.45, 7) is 3.94. The monoisotopic (exact) mass is 355 g/mol. The second kappa shape index (κ2) is 6.62. The SMILES string of the molecule is C=CCn1ncc(NCc2ccc(F)cc2F)c(Br)c1=O. The van der Waals surface area contributed by atoms with E-state index in [1.54, 1.807) is 6.08 Å². The van der Waals surface area contributed by atoms with Crippen molar-refractivity contribution in [3.63, 3.8) is 0 Å². The molecular formula is C14H12BrF2N3O. The molecule has 0 saturated carbocycles. The fraction of sp³-hybridized carbons (Fsp3) is 0.143. The molecule has 0 fully saturated rings. The van der Waals surface area contributed by atoms with E-state index in [-0.39, 0.29) is 12.1 Å². The molecule has 0 amide bonds. The maximum atomic E-state index is 13.5. The van der Waals surface area contributed by atoms with E-state index >= 15 is 0 Å². The lowest BCUT2D eigenvalue weighted by molar-refractivity contribution is 0.574. The van der Waals surface area contributed by atoms with E-state index < -0.39 is 11.6 Å². The van der Waals surface area contributed by atoms with E-state index in [2.05, 4.69) is 32.9 Å². The first kappa shape index (κ1) is 15.4. The number of benzene rings is 1. The molecule has 2 aromatic rings. The highest BCUT2D eigenvalue weighted by Gasteiger charge is 2.09. The first-order valence-electron chi connectivity index (χ1n) is 6.07. The number of anilines is 1. The second-order valence-electron chi connectivity index (χ2n) is 4.24.